The fourth-order valence-corrected chi connectivity index (χ4v) is 2.07. The van der Waals surface area contributed by atoms with Gasteiger partial charge in [0.05, 0.1) is 12.9 Å². The van der Waals surface area contributed by atoms with Crippen molar-refractivity contribution in [3.05, 3.63) is 12.2 Å². The summed E-state index contributed by atoms with van der Waals surface area (Å²) in [4.78, 5) is 0. The molecule has 0 rings (SSSR count). The summed E-state index contributed by atoms with van der Waals surface area (Å²) in [5, 5.41) is 0. The Morgan fingerprint density at radius 1 is 0.889 bits per heavy atom. The van der Waals surface area contributed by atoms with Crippen molar-refractivity contribution in [1.82, 2.24) is 0 Å². The van der Waals surface area contributed by atoms with E-state index < -0.39 is 10.1 Å². The summed E-state index contributed by atoms with van der Waals surface area (Å²) in [6.07, 6.45) is 16.4. The first kappa shape index (κ1) is 17.6. The molecule has 0 aliphatic heterocycles. The van der Waals surface area contributed by atoms with E-state index in [9.17, 15) is 8.42 Å². The van der Waals surface area contributed by atoms with Gasteiger partial charge in [0.15, 0.2) is 0 Å². The summed E-state index contributed by atoms with van der Waals surface area (Å²) < 4.78 is 25.9. The van der Waals surface area contributed by atoms with Crippen molar-refractivity contribution in [3.63, 3.8) is 0 Å². The number of unbranched alkanes of at least 4 members (excludes halogenated alkanes) is 8. The highest BCUT2D eigenvalue weighted by molar-refractivity contribution is 7.85. The standard InChI is InChI=1S/C14H28O3S/c1-3-4-5-6-7-8-9-10-11-12-13-14-17-18(2,15)16/h12-13H,3-11,14H2,1-2H3/b13-12-. The highest BCUT2D eigenvalue weighted by Crippen LogP contribution is 2.09. The molecule has 0 saturated heterocycles. The zero-order valence-electron chi connectivity index (χ0n) is 11.9. The fraction of sp³-hybridized carbons (Fsp3) is 0.857. The largest absolute Gasteiger partial charge is 0.266 e. The van der Waals surface area contributed by atoms with E-state index in [4.69, 9.17) is 0 Å². The van der Waals surface area contributed by atoms with Crippen LogP contribution in [0.1, 0.15) is 64.7 Å². The minimum atomic E-state index is -3.29. The Morgan fingerprint density at radius 3 is 2.00 bits per heavy atom. The van der Waals surface area contributed by atoms with Crippen LogP contribution >= 0.6 is 0 Å². The predicted octanol–water partition coefficient (Wildman–Crippen LogP) is 4.05. The predicted molar refractivity (Wildman–Crippen MR) is 77.2 cm³/mol. The van der Waals surface area contributed by atoms with Crippen molar-refractivity contribution in [2.45, 2.75) is 64.7 Å². The summed E-state index contributed by atoms with van der Waals surface area (Å²) in [6.45, 7) is 2.40. The summed E-state index contributed by atoms with van der Waals surface area (Å²) in [5.41, 5.74) is 0. The van der Waals surface area contributed by atoms with Gasteiger partial charge in [0.25, 0.3) is 10.1 Å². The molecule has 4 heteroatoms. The molecule has 108 valence electrons. The van der Waals surface area contributed by atoms with Gasteiger partial charge in [-0.3, -0.25) is 4.18 Å². The number of rotatable bonds is 12. The minimum absolute atomic E-state index is 0.163. The third-order valence-corrected chi connectivity index (χ3v) is 3.33. The van der Waals surface area contributed by atoms with Gasteiger partial charge in [0, 0.05) is 0 Å². The highest BCUT2D eigenvalue weighted by Gasteiger charge is 1.97. The highest BCUT2D eigenvalue weighted by atomic mass is 32.2. The Labute approximate surface area is 113 Å². The molecule has 0 N–H and O–H groups in total. The Kier molecular flexibility index (Phi) is 11.5. The maximum absolute atomic E-state index is 10.7. The van der Waals surface area contributed by atoms with Gasteiger partial charge in [0.2, 0.25) is 0 Å². The SMILES string of the molecule is CCCCCCCCCC/C=C\COS(C)(=O)=O. The lowest BCUT2D eigenvalue weighted by molar-refractivity contribution is 0.361. The monoisotopic (exact) mass is 276 g/mol. The average Bonchev–Trinajstić information content (AvgIpc) is 2.29. The molecule has 0 spiro atoms. The van der Waals surface area contributed by atoms with Crippen molar-refractivity contribution in [2.24, 2.45) is 0 Å². The van der Waals surface area contributed by atoms with Gasteiger partial charge in [-0.05, 0) is 12.8 Å². The minimum Gasteiger partial charge on any atom is -0.266 e. The van der Waals surface area contributed by atoms with Crippen LogP contribution in [0.15, 0.2) is 12.2 Å². The Bertz CT molecular complexity index is 294. The van der Waals surface area contributed by atoms with Crippen molar-refractivity contribution >= 4 is 10.1 Å². The van der Waals surface area contributed by atoms with Gasteiger partial charge in [0.1, 0.15) is 0 Å². The molecule has 18 heavy (non-hydrogen) atoms. The van der Waals surface area contributed by atoms with E-state index in [1.165, 1.54) is 51.4 Å². The molecule has 0 atom stereocenters. The third-order valence-electron chi connectivity index (χ3n) is 2.77. The first-order chi connectivity index (χ1) is 8.56. The van der Waals surface area contributed by atoms with Crippen LogP contribution < -0.4 is 0 Å². The Hall–Kier alpha value is -0.350. The van der Waals surface area contributed by atoms with Crippen LogP contribution in [0.4, 0.5) is 0 Å². The molecule has 0 aliphatic carbocycles. The molecule has 0 saturated carbocycles. The van der Waals surface area contributed by atoms with Crippen LogP contribution in [-0.2, 0) is 14.3 Å². The number of hydrogen-bond donors (Lipinski definition) is 0. The molecule has 0 heterocycles. The molecule has 0 unspecified atom stereocenters. The number of allylic oxidation sites excluding steroid dienone is 1. The lowest BCUT2D eigenvalue weighted by Gasteiger charge is -2.00. The third kappa shape index (κ3) is 15.6. The maximum Gasteiger partial charge on any atom is 0.264 e. The van der Waals surface area contributed by atoms with Crippen molar-refractivity contribution in [2.75, 3.05) is 12.9 Å². The van der Waals surface area contributed by atoms with Crippen LogP contribution in [0.3, 0.4) is 0 Å². The maximum atomic E-state index is 10.7. The molecule has 0 aromatic heterocycles. The van der Waals surface area contributed by atoms with Crippen molar-refractivity contribution in [3.8, 4) is 0 Å². The quantitative estimate of drug-likeness (QED) is 0.307. The molecule has 3 nitrogen and oxygen atoms in total. The zero-order valence-corrected chi connectivity index (χ0v) is 12.7. The van der Waals surface area contributed by atoms with Gasteiger partial charge >= 0.3 is 0 Å². The van der Waals surface area contributed by atoms with E-state index >= 15 is 0 Å². The van der Waals surface area contributed by atoms with E-state index in [0.29, 0.717) is 0 Å². The summed E-state index contributed by atoms with van der Waals surface area (Å²) in [5.74, 6) is 0. The molecule has 0 radical (unpaired) electrons. The van der Waals surface area contributed by atoms with Crippen LogP contribution in [-0.4, -0.2) is 21.3 Å². The first-order valence-corrected chi connectivity index (χ1v) is 8.87. The van der Waals surface area contributed by atoms with Crippen LogP contribution in [0.5, 0.6) is 0 Å². The first-order valence-electron chi connectivity index (χ1n) is 7.05. The van der Waals surface area contributed by atoms with Crippen LogP contribution in [0.2, 0.25) is 0 Å². The second-order valence-corrected chi connectivity index (χ2v) is 6.37. The van der Waals surface area contributed by atoms with Gasteiger partial charge in [-0.15, -0.1) is 0 Å². The van der Waals surface area contributed by atoms with Gasteiger partial charge in [-0.2, -0.15) is 8.42 Å². The lowest BCUT2D eigenvalue weighted by Crippen LogP contribution is -2.01. The van der Waals surface area contributed by atoms with E-state index in [1.807, 2.05) is 6.08 Å². The Morgan fingerprint density at radius 2 is 1.44 bits per heavy atom. The van der Waals surface area contributed by atoms with Crippen molar-refractivity contribution in [1.29, 1.82) is 0 Å². The van der Waals surface area contributed by atoms with E-state index in [0.717, 1.165) is 12.7 Å². The zero-order chi connectivity index (χ0) is 13.7. The number of hydrogen-bond acceptors (Lipinski definition) is 3. The summed E-state index contributed by atoms with van der Waals surface area (Å²) in [7, 11) is -3.29. The molecule has 0 aromatic carbocycles. The molecular formula is C14H28O3S. The van der Waals surface area contributed by atoms with Gasteiger partial charge < -0.3 is 0 Å². The van der Waals surface area contributed by atoms with E-state index in [-0.39, 0.29) is 6.61 Å². The van der Waals surface area contributed by atoms with Crippen molar-refractivity contribution < 1.29 is 12.6 Å². The second kappa shape index (κ2) is 11.7. The molecule has 0 amide bonds. The smallest absolute Gasteiger partial charge is 0.264 e. The van der Waals surface area contributed by atoms with Crippen LogP contribution in [0.25, 0.3) is 0 Å². The average molecular weight is 276 g/mol. The molecular weight excluding hydrogens is 248 g/mol. The topological polar surface area (TPSA) is 43.4 Å². The van der Waals surface area contributed by atoms with Crippen LogP contribution in [0, 0.1) is 0 Å². The lowest BCUT2D eigenvalue weighted by atomic mass is 10.1. The van der Waals surface area contributed by atoms with Gasteiger partial charge in [-0.25, -0.2) is 0 Å². The second-order valence-electron chi connectivity index (χ2n) is 4.72. The molecule has 0 bridgehead atoms. The molecule has 0 aromatic rings. The van der Waals surface area contributed by atoms with E-state index in [2.05, 4.69) is 11.1 Å². The van der Waals surface area contributed by atoms with E-state index in [1.54, 1.807) is 6.08 Å². The normalized spacial score (nSPS) is 12.3. The fourth-order valence-electron chi connectivity index (χ4n) is 1.74. The molecule has 0 fully saturated rings. The summed E-state index contributed by atoms with van der Waals surface area (Å²) >= 11 is 0. The Balaban J connectivity index is 3.18. The summed E-state index contributed by atoms with van der Waals surface area (Å²) in [6, 6.07) is 0. The molecule has 0 aliphatic rings. The van der Waals surface area contributed by atoms with Gasteiger partial charge in [-0.1, -0.05) is 64.0 Å².